The second-order valence-corrected chi connectivity index (χ2v) is 3.50. The summed E-state index contributed by atoms with van der Waals surface area (Å²) in [4.78, 5) is 15.2. The molecular weight excluding hydrogens is 250 g/mol. The number of halogens is 1. The van der Waals surface area contributed by atoms with E-state index in [0.29, 0.717) is 11.2 Å². The Bertz CT molecular complexity index is 578. The van der Waals surface area contributed by atoms with Crippen molar-refractivity contribution in [2.75, 3.05) is 0 Å². The Balaban J connectivity index is 2.79. The molecule has 6 heteroatoms. The summed E-state index contributed by atoms with van der Waals surface area (Å²) >= 11 is 3.21. The van der Waals surface area contributed by atoms with Crippen molar-refractivity contribution in [2.45, 2.75) is 6.54 Å². The summed E-state index contributed by atoms with van der Waals surface area (Å²) in [6.07, 6.45) is 1.55. The van der Waals surface area contributed by atoms with Crippen molar-refractivity contribution in [3.05, 3.63) is 27.3 Å². The first-order valence-electron chi connectivity index (χ1n) is 3.74. The van der Waals surface area contributed by atoms with Crippen molar-refractivity contribution in [3.8, 4) is 6.07 Å². The van der Waals surface area contributed by atoms with Crippen molar-refractivity contribution in [1.82, 2.24) is 9.55 Å². The van der Waals surface area contributed by atoms with Gasteiger partial charge < -0.3 is 4.42 Å². The number of pyridine rings is 1. The molecule has 0 aliphatic carbocycles. The molecule has 2 aromatic rings. The van der Waals surface area contributed by atoms with Crippen molar-refractivity contribution < 1.29 is 4.42 Å². The molecule has 0 N–H and O–H groups in total. The Morgan fingerprint density at radius 3 is 3.21 bits per heavy atom. The molecule has 0 radical (unpaired) electrons. The number of fused-ring (bicyclic) bond motifs is 1. The zero-order chi connectivity index (χ0) is 10.1. The minimum Gasteiger partial charge on any atom is -0.406 e. The minimum atomic E-state index is -0.563. The largest absolute Gasteiger partial charge is 0.422 e. The molecule has 0 aliphatic rings. The topological polar surface area (TPSA) is 71.8 Å². The van der Waals surface area contributed by atoms with Crippen LogP contribution in [0.3, 0.4) is 0 Å². The van der Waals surface area contributed by atoms with E-state index in [0.717, 1.165) is 4.47 Å². The van der Waals surface area contributed by atoms with Gasteiger partial charge in [-0.25, -0.2) is 14.3 Å². The predicted molar refractivity (Wildman–Crippen MR) is 51.6 cm³/mol. The van der Waals surface area contributed by atoms with E-state index in [-0.39, 0.29) is 6.54 Å². The highest BCUT2D eigenvalue weighted by molar-refractivity contribution is 9.10. The number of aromatic nitrogens is 2. The molecule has 0 saturated heterocycles. The highest BCUT2D eigenvalue weighted by Gasteiger charge is 2.09. The molecule has 2 rings (SSSR count). The fraction of sp³-hybridized carbons (Fsp3) is 0.125. The minimum absolute atomic E-state index is 0.0551. The van der Waals surface area contributed by atoms with Crippen LogP contribution in [0.2, 0.25) is 0 Å². The van der Waals surface area contributed by atoms with E-state index in [1.807, 2.05) is 6.07 Å². The van der Waals surface area contributed by atoms with Crippen molar-refractivity contribution in [1.29, 1.82) is 5.26 Å². The Hall–Kier alpha value is -1.61. The van der Waals surface area contributed by atoms with Gasteiger partial charge >= 0.3 is 5.76 Å². The van der Waals surface area contributed by atoms with Gasteiger partial charge in [0.2, 0.25) is 0 Å². The molecule has 0 unspecified atom stereocenters. The van der Waals surface area contributed by atoms with Gasteiger partial charge in [-0.15, -0.1) is 0 Å². The fourth-order valence-electron chi connectivity index (χ4n) is 1.14. The van der Waals surface area contributed by atoms with Gasteiger partial charge in [0.1, 0.15) is 6.54 Å². The maximum absolute atomic E-state index is 11.2. The molecule has 0 fully saturated rings. The van der Waals surface area contributed by atoms with E-state index >= 15 is 0 Å². The second-order valence-electron chi connectivity index (χ2n) is 2.59. The third kappa shape index (κ3) is 1.32. The van der Waals surface area contributed by atoms with Gasteiger partial charge in [0.25, 0.3) is 0 Å². The first-order chi connectivity index (χ1) is 6.72. The predicted octanol–water partition coefficient (Wildman–Crippen LogP) is 1.28. The van der Waals surface area contributed by atoms with Crippen LogP contribution in [0.15, 0.2) is 25.9 Å². The van der Waals surface area contributed by atoms with E-state index in [1.54, 1.807) is 12.3 Å². The standard InChI is InChI=1S/C8H4BrN3O2/c9-5-3-6-7(11-4-5)12(2-1-10)8(13)14-6/h3-4H,2H2. The van der Waals surface area contributed by atoms with Gasteiger partial charge in [-0.1, -0.05) is 0 Å². The van der Waals surface area contributed by atoms with Crippen molar-refractivity contribution >= 4 is 27.2 Å². The zero-order valence-corrected chi connectivity index (χ0v) is 8.48. The Morgan fingerprint density at radius 2 is 2.50 bits per heavy atom. The van der Waals surface area contributed by atoms with E-state index in [4.69, 9.17) is 9.68 Å². The second kappa shape index (κ2) is 3.27. The number of oxazole rings is 1. The van der Waals surface area contributed by atoms with Crippen LogP contribution >= 0.6 is 15.9 Å². The summed E-state index contributed by atoms with van der Waals surface area (Å²) in [5, 5.41) is 8.49. The smallest absolute Gasteiger partial charge is 0.406 e. The summed E-state index contributed by atoms with van der Waals surface area (Å²) in [5.74, 6) is -0.563. The monoisotopic (exact) mass is 253 g/mol. The average Bonchev–Trinajstić information content (AvgIpc) is 2.43. The van der Waals surface area contributed by atoms with Gasteiger partial charge in [0.05, 0.1) is 6.07 Å². The van der Waals surface area contributed by atoms with Crippen molar-refractivity contribution in [2.24, 2.45) is 0 Å². The molecule has 0 aromatic carbocycles. The Morgan fingerprint density at radius 1 is 1.71 bits per heavy atom. The summed E-state index contributed by atoms with van der Waals surface area (Å²) < 4.78 is 6.80. The molecular formula is C8H4BrN3O2. The molecule has 14 heavy (non-hydrogen) atoms. The van der Waals surface area contributed by atoms with Gasteiger partial charge in [-0.3, -0.25) is 0 Å². The van der Waals surface area contributed by atoms with E-state index in [1.165, 1.54) is 4.57 Å². The number of rotatable bonds is 1. The lowest BCUT2D eigenvalue weighted by Crippen LogP contribution is -2.13. The van der Waals surface area contributed by atoms with E-state index in [9.17, 15) is 4.79 Å². The van der Waals surface area contributed by atoms with Crippen LogP contribution in [0, 0.1) is 11.3 Å². The van der Waals surface area contributed by atoms with E-state index < -0.39 is 5.76 Å². The highest BCUT2D eigenvalue weighted by Crippen LogP contribution is 2.15. The maximum atomic E-state index is 11.2. The van der Waals surface area contributed by atoms with Crippen LogP contribution in [0.5, 0.6) is 0 Å². The normalized spacial score (nSPS) is 10.3. The molecule has 70 valence electrons. The number of hydrogen-bond acceptors (Lipinski definition) is 4. The van der Waals surface area contributed by atoms with Crippen LogP contribution in [-0.4, -0.2) is 9.55 Å². The Kier molecular flexibility index (Phi) is 2.09. The SMILES string of the molecule is N#CCn1c(=O)oc2cc(Br)cnc21. The van der Waals surface area contributed by atoms with Crippen LogP contribution in [-0.2, 0) is 6.54 Å². The van der Waals surface area contributed by atoms with Crippen LogP contribution in [0.25, 0.3) is 11.2 Å². The zero-order valence-electron chi connectivity index (χ0n) is 6.90. The quantitative estimate of drug-likeness (QED) is 0.768. The lowest BCUT2D eigenvalue weighted by atomic mass is 10.4. The fourth-order valence-corrected chi connectivity index (χ4v) is 1.45. The summed E-state index contributed by atoms with van der Waals surface area (Å²) in [6.45, 7) is -0.0551. The molecule has 2 aromatic heterocycles. The van der Waals surface area contributed by atoms with Crippen LogP contribution in [0.4, 0.5) is 0 Å². The molecule has 0 amide bonds. The lowest BCUT2D eigenvalue weighted by Gasteiger charge is -1.92. The first-order valence-corrected chi connectivity index (χ1v) is 4.53. The molecule has 2 heterocycles. The number of nitrogens with zero attached hydrogens (tertiary/aromatic N) is 3. The van der Waals surface area contributed by atoms with E-state index in [2.05, 4.69) is 20.9 Å². The van der Waals surface area contributed by atoms with Gasteiger partial charge in [-0.05, 0) is 15.9 Å². The third-order valence-electron chi connectivity index (χ3n) is 1.70. The summed E-state index contributed by atoms with van der Waals surface area (Å²) in [6, 6.07) is 3.51. The van der Waals surface area contributed by atoms with Gasteiger partial charge in [0, 0.05) is 16.7 Å². The van der Waals surface area contributed by atoms with Gasteiger partial charge in [-0.2, -0.15) is 5.26 Å². The molecule has 0 bridgehead atoms. The summed E-state index contributed by atoms with van der Waals surface area (Å²) in [5.41, 5.74) is 0.763. The Labute approximate surface area is 86.7 Å². The molecule has 0 spiro atoms. The third-order valence-corrected chi connectivity index (χ3v) is 2.14. The molecule has 0 aliphatic heterocycles. The van der Waals surface area contributed by atoms with Gasteiger partial charge in [0.15, 0.2) is 11.2 Å². The van der Waals surface area contributed by atoms with Crippen LogP contribution in [0.1, 0.15) is 0 Å². The average molecular weight is 254 g/mol. The molecule has 0 atom stereocenters. The number of hydrogen-bond donors (Lipinski definition) is 0. The highest BCUT2D eigenvalue weighted by atomic mass is 79.9. The summed E-state index contributed by atoms with van der Waals surface area (Å²) in [7, 11) is 0. The van der Waals surface area contributed by atoms with Crippen LogP contribution < -0.4 is 5.76 Å². The maximum Gasteiger partial charge on any atom is 0.422 e. The molecule has 0 saturated carbocycles. The lowest BCUT2D eigenvalue weighted by molar-refractivity contribution is 0.520. The number of nitriles is 1. The molecule has 5 nitrogen and oxygen atoms in total. The van der Waals surface area contributed by atoms with Crippen molar-refractivity contribution in [3.63, 3.8) is 0 Å². The first kappa shape index (κ1) is 8.97.